The van der Waals surface area contributed by atoms with E-state index in [9.17, 15) is 0 Å². The zero-order chi connectivity index (χ0) is 9.68. The molecule has 4 nitrogen and oxygen atoms in total. The SMILES string of the molecule is CCOc1ccc(OP(O)O)cc1. The molecule has 0 amide bonds. The Bertz CT molecular complexity index is 247. The Morgan fingerprint density at radius 1 is 1.15 bits per heavy atom. The third-order valence-corrected chi connectivity index (χ3v) is 1.70. The summed E-state index contributed by atoms with van der Waals surface area (Å²) in [6.45, 7) is 2.50. The quantitative estimate of drug-likeness (QED) is 0.729. The highest BCUT2D eigenvalue weighted by molar-refractivity contribution is 7.39. The second kappa shape index (κ2) is 5.02. The highest BCUT2D eigenvalue weighted by atomic mass is 31.2. The van der Waals surface area contributed by atoms with Gasteiger partial charge in [0.15, 0.2) is 0 Å². The van der Waals surface area contributed by atoms with E-state index in [0.717, 1.165) is 5.75 Å². The summed E-state index contributed by atoms with van der Waals surface area (Å²) >= 11 is 0. The summed E-state index contributed by atoms with van der Waals surface area (Å²) in [6.07, 6.45) is 0. The molecule has 0 aliphatic rings. The molecule has 0 spiro atoms. The lowest BCUT2D eigenvalue weighted by Gasteiger charge is -2.06. The van der Waals surface area contributed by atoms with Gasteiger partial charge in [-0.25, -0.2) is 0 Å². The molecule has 0 heterocycles. The third-order valence-electron chi connectivity index (χ3n) is 1.32. The Labute approximate surface area is 77.7 Å². The van der Waals surface area contributed by atoms with Gasteiger partial charge >= 0.3 is 8.60 Å². The van der Waals surface area contributed by atoms with Crippen molar-refractivity contribution in [1.29, 1.82) is 0 Å². The van der Waals surface area contributed by atoms with Crippen LogP contribution in [0.4, 0.5) is 0 Å². The lowest BCUT2D eigenvalue weighted by molar-refractivity contribution is 0.339. The summed E-state index contributed by atoms with van der Waals surface area (Å²) < 4.78 is 9.86. The first-order valence-corrected chi connectivity index (χ1v) is 4.97. The summed E-state index contributed by atoms with van der Waals surface area (Å²) in [4.78, 5) is 17.1. The molecule has 13 heavy (non-hydrogen) atoms. The predicted molar refractivity (Wildman–Crippen MR) is 49.6 cm³/mol. The van der Waals surface area contributed by atoms with E-state index in [4.69, 9.17) is 14.5 Å². The zero-order valence-corrected chi connectivity index (χ0v) is 8.07. The van der Waals surface area contributed by atoms with Gasteiger partial charge in [0.1, 0.15) is 11.5 Å². The number of benzene rings is 1. The van der Waals surface area contributed by atoms with Gasteiger partial charge in [-0.2, -0.15) is 0 Å². The van der Waals surface area contributed by atoms with Crippen LogP contribution in [0.2, 0.25) is 0 Å². The summed E-state index contributed by atoms with van der Waals surface area (Å²) in [5.74, 6) is 1.15. The molecule has 1 aromatic carbocycles. The van der Waals surface area contributed by atoms with Gasteiger partial charge < -0.3 is 19.0 Å². The molecule has 0 atom stereocenters. The number of ether oxygens (including phenoxy) is 1. The van der Waals surface area contributed by atoms with Crippen molar-refractivity contribution in [3.05, 3.63) is 24.3 Å². The van der Waals surface area contributed by atoms with E-state index in [1.165, 1.54) is 0 Å². The maximum absolute atomic E-state index is 8.55. The normalized spacial score (nSPS) is 10.2. The van der Waals surface area contributed by atoms with Gasteiger partial charge in [0.25, 0.3) is 0 Å². The van der Waals surface area contributed by atoms with Gasteiger partial charge in [-0.15, -0.1) is 0 Å². The van der Waals surface area contributed by atoms with Crippen LogP contribution in [0.3, 0.4) is 0 Å². The highest BCUT2D eigenvalue weighted by Gasteiger charge is 2.01. The summed E-state index contributed by atoms with van der Waals surface area (Å²) in [5.41, 5.74) is 0. The fraction of sp³-hybridized carbons (Fsp3) is 0.250. The van der Waals surface area contributed by atoms with Gasteiger partial charge in [0, 0.05) is 0 Å². The predicted octanol–water partition coefficient (Wildman–Crippen LogP) is 1.68. The van der Waals surface area contributed by atoms with E-state index in [1.807, 2.05) is 6.92 Å². The van der Waals surface area contributed by atoms with Crippen molar-refractivity contribution in [2.45, 2.75) is 6.92 Å². The van der Waals surface area contributed by atoms with Crippen molar-refractivity contribution < 1.29 is 19.0 Å². The lowest BCUT2D eigenvalue weighted by atomic mass is 10.3. The molecule has 2 N–H and O–H groups in total. The molecule has 0 saturated carbocycles. The van der Waals surface area contributed by atoms with Crippen LogP contribution in [0.5, 0.6) is 11.5 Å². The third kappa shape index (κ3) is 3.59. The van der Waals surface area contributed by atoms with Crippen LogP contribution in [-0.2, 0) is 0 Å². The molecule has 5 heteroatoms. The smallest absolute Gasteiger partial charge is 0.391 e. The molecular weight excluding hydrogens is 191 g/mol. The van der Waals surface area contributed by atoms with Gasteiger partial charge in [-0.05, 0) is 31.2 Å². The van der Waals surface area contributed by atoms with E-state index < -0.39 is 8.60 Å². The minimum Gasteiger partial charge on any atom is -0.494 e. The van der Waals surface area contributed by atoms with Gasteiger partial charge in [-0.3, -0.25) is 0 Å². The zero-order valence-electron chi connectivity index (χ0n) is 7.17. The van der Waals surface area contributed by atoms with Crippen LogP contribution < -0.4 is 9.26 Å². The molecule has 72 valence electrons. The van der Waals surface area contributed by atoms with E-state index >= 15 is 0 Å². The Hall–Kier alpha value is -0.830. The van der Waals surface area contributed by atoms with Crippen molar-refractivity contribution in [2.75, 3.05) is 6.61 Å². The fourth-order valence-corrected chi connectivity index (χ4v) is 1.17. The number of rotatable bonds is 4. The van der Waals surface area contributed by atoms with Crippen LogP contribution in [0.1, 0.15) is 6.92 Å². The first kappa shape index (κ1) is 10.3. The average Bonchev–Trinajstić information content (AvgIpc) is 2.08. The molecule has 0 bridgehead atoms. The lowest BCUT2D eigenvalue weighted by Crippen LogP contribution is -1.91. The van der Waals surface area contributed by atoms with Crippen LogP contribution in [-0.4, -0.2) is 16.4 Å². The topological polar surface area (TPSA) is 58.9 Å². The van der Waals surface area contributed by atoms with Crippen LogP contribution in [0.15, 0.2) is 24.3 Å². The van der Waals surface area contributed by atoms with Crippen molar-refractivity contribution >= 4 is 8.60 Å². The van der Waals surface area contributed by atoms with Crippen molar-refractivity contribution in [3.63, 3.8) is 0 Å². The molecule has 1 rings (SSSR count). The first-order valence-electron chi connectivity index (χ1n) is 3.81. The molecule has 0 unspecified atom stereocenters. The van der Waals surface area contributed by atoms with Crippen molar-refractivity contribution in [2.24, 2.45) is 0 Å². The maximum Gasteiger partial charge on any atom is 0.391 e. The summed E-state index contributed by atoms with van der Waals surface area (Å²) in [5, 5.41) is 0. The van der Waals surface area contributed by atoms with Crippen LogP contribution >= 0.6 is 8.60 Å². The first-order chi connectivity index (χ1) is 6.22. The minimum atomic E-state index is -2.34. The monoisotopic (exact) mass is 202 g/mol. The van der Waals surface area contributed by atoms with Crippen LogP contribution in [0.25, 0.3) is 0 Å². The Morgan fingerprint density at radius 2 is 1.69 bits per heavy atom. The van der Waals surface area contributed by atoms with E-state index in [2.05, 4.69) is 4.52 Å². The standard InChI is InChI=1S/C8H11O4P/c1-2-11-7-3-5-8(6-4-7)12-13(9)10/h3-6,9-10H,2H2,1H3. The fourth-order valence-electron chi connectivity index (χ4n) is 0.858. The molecule has 0 aliphatic heterocycles. The molecule has 0 fully saturated rings. The number of hydrogen-bond acceptors (Lipinski definition) is 4. The summed E-state index contributed by atoms with van der Waals surface area (Å²) in [7, 11) is -2.34. The Kier molecular flexibility index (Phi) is 3.96. The van der Waals surface area contributed by atoms with Gasteiger partial charge in [0.2, 0.25) is 0 Å². The molecule has 0 saturated heterocycles. The number of hydrogen-bond donors (Lipinski definition) is 2. The van der Waals surface area contributed by atoms with Crippen molar-refractivity contribution in [1.82, 2.24) is 0 Å². The second-order valence-corrected chi connectivity index (χ2v) is 2.94. The average molecular weight is 202 g/mol. The molecule has 0 aliphatic carbocycles. The van der Waals surface area contributed by atoms with Crippen molar-refractivity contribution in [3.8, 4) is 11.5 Å². The second-order valence-electron chi connectivity index (χ2n) is 2.25. The Balaban J connectivity index is 2.59. The van der Waals surface area contributed by atoms with E-state index in [-0.39, 0.29) is 0 Å². The largest absolute Gasteiger partial charge is 0.494 e. The summed E-state index contributed by atoms with van der Waals surface area (Å²) in [6, 6.07) is 6.65. The molecule has 1 aromatic rings. The molecular formula is C8H11O4P. The van der Waals surface area contributed by atoms with E-state index in [1.54, 1.807) is 24.3 Å². The van der Waals surface area contributed by atoms with Gasteiger partial charge in [-0.1, -0.05) is 0 Å². The van der Waals surface area contributed by atoms with Crippen LogP contribution in [0, 0.1) is 0 Å². The highest BCUT2D eigenvalue weighted by Crippen LogP contribution is 2.29. The molecule has 0 radical (unpaired) electrons. The maximum atomic E-state index is 8.55. The van der Waals surface area contributed by atoms with E-state index in [0.29, 0.717) is 12.4 Å². The minimum absolute atomic E-state index is 0.416. The molecule has 0 aromatic heterocycles. The van der Waals surface area contributed by atoms with Gasteiger partial charge in [0.05, 0.1) is 6.61 Å². The Morgan fingerprint density at radius 3 is 2.15 bits per heavy atom.